The van der Waals surface area contributed by atoms with Gasteiger partial charge in [0.25, 0.3) is 0 Å². The van der Waals surface area contributed by atoms with Crippen LogP contribution in [0.1, 0.15) is 19.4 Å². The largest absolute Gasteiger partial charge is 0.312 e. The van der Waals surface area contributed by atoms with Crippen LogP contribution in [0, 0.1) is 0 Å². The molecular weight excluding hydrogens is 246 g/mol. The Balaban J connectivity index is 2.38. The summed E-state index contributed by atoms with van der Waals surface area (Å²) in [5.41, 5.74) is 1.14. The van der Waals surface area contributed by atoms with E-state index in [9.17, 15) is 8.42 Å². The maximum absolute atomic E-state index is 11.5. The molecule has 0 spiro atoms. The lowest BCUT2D eigenvalue weighted by Crippen LogP contribution is -2.41. The Morgan fingerprint density at radius 1 is 1.22 bits per heavy atom. The Labute approximate surface area is 110 Å². The predicted octanol–water partition coefficient (Wildman–Crippen LogP) is 2.11. The van der Waals surface area contributed by atoms with Crippen LogP contribution in [0.15, 0.2) is 36.4 Å². The summed E-state index contributed by atoms with van der Waals surface area (Å²) in [6.07, 6.45) is 5.28. The van der Waals surface area contributed by atoms with Gasteiger partial charge in [-0.25, -0.2) is 8.42 Å². The summed E-state index contributed by atoms with van der Waals surface area (Å²) in [6, 6.07) is 10.00. The molecule has 100 valence electrons. The SMILES string of the molecule is CC(C)(CNCC=Cc1ccccc1)S(C)(=O)=O. The number of rotatable bonds is 6. The van der Waals surface area contributed by atoms with Crippen LogP contribution in [-0.2, 0) is 9.84 Å². The molecule has 0 saturated carbocycles. The smallest absolute Gasteiger partial charge is 0.153 e. The van der Waals surface area contributed by atoms with Crippen molar-refractivity contribution in [2.45, 2.75) is 18.6 Å². The van der Waals surface area contributed by atoms with Crippen LogP contribution in [0.2, 0.25) is 0 Å². The molecule has 0 bridgehead atoms. The molecule has 0 aliphatic carbocycles. The summed E-state index contributed by atoms with van der Waals surface area (Å²) in [7, 11) is -3.03. The van der Waals surface area contributed by atoms with Gasteiger partial charge in [-0.2, -0.15) is 0 Å². The average Bonchev–Trinajstić information content (AvgIpc) is 2.28. The van der Waals surface area contributed by atoms with Gasteiger partial charge in [0.05, 0.1) is 4.75 Å². The Bertz CT molecular complexity index is 490. The van der Waals surface area contributed by atoms with Crippen molar-refractivity contribution in [2.75, 3.05) is 19.3 Å². The predicted molar refractivity (Wildman–Crippen MR) is 77.3 cm³/mol. The second kappa shape index (κ2) is 6.16. The second-order valence-corrected chi connectivity index (χ2v) is 7.63. The number of hydrogen-bond donors (Lipinski definition) is 1. The molecule has 0 radical (unpaired) electrons. The number of sulfone groups is 1. The van der Waals surface area contributed by atoms with Gasteiger partial charge in [-0.05, 0) is 19.4 Å². The highest BCUT2D eigenvalue weighted by Gasteiger charge is 2.29. The van der Waals surface area contributed by atoms with Crippen molar-refractivity contribution in [3.8, 4) is 0 Å². The summed E-state index contributed by atoms with van der Waals surface area (Å²) in [5.74, 6) is 0. The Kier molecular flexibility index (Phi) is 5.11. The summed E-state index contributed by atoms with van der Waals surface area (Å²) in [5, 5.41) is 3.14. The van der Waals surface area contributed by atoms with Gasteiger partial charge >= 0.3 is 0 Å². The van der Waals surface area contributed by atoms with Gasteiger partial charge in [0, 0.05) is 19.3 Å². The first-order chi connectivity index (χ1) is 8.33. The van der Waals surface area contributed by atoms with Crippen molar-refractivity contribution < 1.29 is 8.42 Å². The normalized spacial score (nSPS) is 13.1. The van der Waals surface area contributed by atoms with Crippen molar-refractivity contribution in [2.24, 2.45) is 0 Å². The van der Waals surface area contributed by atoms with E-state index < -0.39 is 14.6 Å². The molecule has 1 rings (SSSR count). The van der Waals surface area contributed by atoms with E-state index in [0.29, 0.717) is 13.1 Å². The summed E-state index contributed by atoms with van der Waals surface area (Å²) in [6.45, 7) is 4.57. The lowest BCUT2D eigenvalue weighted by molar-refractivity contribution is 0.532. The lowest BCUT2D eigenvalue weighted by atomic mass is 10.2. The molecule has 0 atom stereocenters. The minimum absolute atomic E-state index is 0.449. The van der Waals surface area contributed by atoms with Gasteiger partial charge in [-0.15, -0.1) is 0 Å². The standard InChI is InChI=1S/C14H21NO2S/c1-14(2,18(3,16)17)12-15-11-7-10-13-8-5-4-6-9-13/h4-10,15H,11-12H2,1-3H3. The molecule has 0 aliphatic rings. The molecule has 1 aromatic rings. The zero-order chi connectivity index (χ0) is 13.6. The van der Waals surface area contributed by atoms with Gasteiger partial charge in [-0.1, -0.05) is 42.5 Å². The third-order valence-electron chi connectivity index (χ3n) is 2.93. The Hall–Kier alpha value is -1.13. The molecule has 0 amide bonds. The van der Waals surface area contributed by atoms with Crippen molar-refractivity contribution in [1.29, 1.82) is 0 Å². The highest BCUT2D eigenvalue weighted by Crippen LogP contribution is 2.13. The van der Waals surface area contributed by atoms with Gasteiger partial charge < -0.3 is 5.32 Å². The maximum Gasteiger partial charge on any atom is 0.153 e. The van der Waals surface area contributed by atoms with Crippen LogP contribution in [-0.4, -0.2) is 32.5 Å². The lowest BCUT2D eigenvalue weighted by Gasteiger charge is -2.22. The van der Waals surface area contributed by atoms with Crippen LogP contribution in [0.4, 0.5) is 0 Å². The zero-order valence-corrected chi connectivity index (χ0v) is 12.0. The van der Waals surface area contributed by atoms with Crippen LogP contribution in [0.5, 0.6) is 0 Å². The number of hydrogen-bond acceptors (Lipinski definition) is 3. The first kappa shape index (κ1) is 14.9. The van der Waals surface area contributed by atoms with Crippen LogP contribution < -0.4 is 5.32 Å². The minimum atomic E-state index is -3.03. The monoisotopic (exact) mass is 267 g/mol. The van der Waals surface area contributed by atoms with E-state index in [1.54, 1.807) is 13.8 Å². The van der Waals surface area contributed by atoms with Crippen LogP contribution in [0.25, 0.3) is 6.08 Å². The fourth-order valence-electron chi connectivity index (χ4n) is 1.35. The maximum atomic E-state index is 11.5. The first-order valence-corrected chi connectivity index (χ1v) is 7.84. The Morgan fingerprint density at radius 3 is 2.39 bits per heavy atom. The second-order valence-electron chi connectivity index (χ2n) is 4.98. The summed E-state index contributed by atoms with van der Waals surface area (Å²) < 4.78 is 22.2. The molecule has 0 fully saturated rings. The van der Waals surface area contributed by atoms with Crippen molar-refractivity contribution in [3.05, 3.63) is 42.0 Å². The van der Waals surface area contributed by atoms with Gasteiger partial charge in [0.2, 0.25) is 0 Å². The number of nitrogens with one attached hydrogen (secondary N) is 1. The van der Waals surface area contributed by atoms with Gasteiger partial charge in [0.1, 0.15) is 0 Å². The summed E-state index contributed by atoms with van der Waals surface area (Å²) in [4.78, 5) is 0. The van der Waals surface area contributed by atoms with Crippen molar-refractivity contribution >= 4 is 15.9 Å². The third kappa shape index (κ3) is 4.63. The van der Waals surface area contributed by atoms with E-state index in [-0.39, 0.29) is 0 Å². The molecule has 0 aliphatic heterocycles. The highest BCUT2D eigenvalue weighted by atomic mass is 32.2. The van der Waals surface area contributed by atoms with E-state index in [0.717, 1.165) is 5.56 Å². The molecule has 1 aromatic carbocycles. The molecule has 0 heterocycles. The van der Waals surface area contributed by atoms with Crippen LogP contribution >= 0.6 is 0 Å². The zero-order valence-electron chi connectivity index (χ0n) is 11.2. The van der Waals surface area contributed by atoms with Gasteiger partial charge in [0.15, 0.2) is 9.84 Å². The first-order valence-electron chi connectivity index (χ1n) is 5.95. The van der Waals surface area contributed by atoms with E-state index in [1.807, 2.05) is 42.5 Å². The van der Waals surface area contributed by atoms with Crippen molar-refractivity contribution in [1.82, 2.24) is 5.32 Å². The molecule has 3 nitrogen and oxygen atoms in total. The van der Waals surface area contributed by atoms with Gasteiger partial charge in [-0.3, -0.25) is 0 Å². The molecule has 0 saturated heterocycles. The van der Waals surface area contributed by atoms with E-state index in [2.05, 4.69) is 5.32 Å². The minimum Gasteiger partial charge on any atom is -0.312 e. The topological polar surface area (TPSA) is 46.2 Å². The third-order valence-corrected chi connectivity index (χ3v) is 5.08. The molecule has 1 N–H and O–H groups in total. The fourth-order valence-corrected chi connectivity index (χ4v) is 1.71. The highest BCUT2D eigenvalue weighted by molar-refractivity contribution is 7.92. The summed E-state index contributed by atoms with van der Waals surface area (Å²) >= 11 is 0. The quantitative estimate of drug-likeness (QED) is 0.803. The molecular formula is C14H21NO2S. The van der Waals surface area contributed by atoms with E-state index in [1.165, 1.54) is 6.26 Å². The van der Waals surface area contributed by atoms with E-state index in [4.69, 9.17) is 0 Å². The molecule has 18 heavy (non-hydrogen) atoms. The molecule has 4 heteroatoms. The fraction of sp³-hybridized carbons (Fsp3) is 0.429. The van der Waals surface area contributed by atoms with Crippen LogP contribution in [0.3, 0.4) is 0 Å². The molecule has 0 aromatic heterocycles. The Morgan fingerprint density at radius 2 is 1.83 bits per heavy atom. The van der Waals surface area contributed by atoms with Crippen molar-refractivity contribution in [3.63, 3.8) is 0 Å². The number of benzene rings is 1. The average molecular weight is 267 g/mol. The molecule has 0 unspecified atom stereocenters. The van der Waals surface area contributed by atoms with E-state index >= 15 is 0 Å².